The summed E-state index contributed by atoms with van der Waals surface area (Å²) in [6.45, 7) is 14.2. The van der Waals surface area contributed by atoms with Gasteiger partial charge in [0.2, 0.25) is 0 Å². The van der Waals surface area contributed by atoms with E-state index < -0.39 is 5.60 Å². The van der Waals surface area contributed by atoms with Crippen molar-refractivity contribution in [2.24, 2.45) is 5.92 Å². The highest BCUT2D eigenvalue weighted by molar-refractivity contribution is 5.68. The molecule has 5 nitrogen and oxygen atoms in total. The molecule has 1 fully saturated rings. The third kappa shape index (κ3) is 9.82. The van der Waals surface area contributed by atoms with Crippen molar-refractivity contribution >= 4 is 6.09 Å². The molecule has 1 amide bonds. The Morgan fingerprint density at radius 2 is 1.96 bits per heavy atom. The van der Waals surface area contributed by atoms with Gasteiger partial charge in [0.05, 0.1) is 6.61 Å². The molecule has 0 saturated carbocycles. The molecule has 0 aromatic rings. The van der Waals surface area contributed by atoms with E-state index >= 15 is 0 Å². The quantitative estimate of drug-likeness (QED) is 0.728. The van der Waals surface area contributed by atoms with Crippen LogP contribution in [-0.4, -0.2) is 55.5 Å². The number of rotatable bonds is 7. The van der Waals surface area contributed by atoms with E-state index in [0.29, 0.717) is 12.0 Å². The van der Waals surface area contributed by atoms with Crippen molar-refractivity contribution in [3.05, 3.63) is 0 Å². The van der Waals surface area contributed by atoms with Crippen LogP contribution in [0.3, 0.4) is 0 Å². The second-order valence-electron chi connectivity index (χ2n) is 7.84. The lowest BCUT2D eigenvalue weighted by molar-refractivity contribution is 0.0256. The highest BCUT2D eigenvalue weighted by Crippen LogP contribution is 2.15. The summed E-state index contributed by atoms with van der Waals surface area (Å²) in [5, 5.41) is 3.55. The van der Waals surface area contributed by atoms with Gasteiger partial charge in [-0.15, -0.1) is 0 Å². The number of amides is 1. The van der Waals surface area contributed by atoms with E-state index in [-0.39, 0.29) is 6.09 Å². The molecule has 0 aromatic carbocycles. The Bertz CT molecular complexity index is 340. The zero-order chi connectivity index (χ0) is 17.3. The number of carbonyl (C=O) groups is 1. The third-order valence-electron chi connectivity index (χ3n) is 3.90. The number of hydrogen-bond donors (Lipinski definition) is 1. The fourth-order valence-corrected chi connectivity index (χ4v) is 2.57. The van der Waals surface area contributed by atoms with E-state index in [2.05, 4.69) is 19.2 Å². The van der Waals surface area contributed by atoms with E-state index in [1.807, 2.05) is 25.7 Å². The molecule has 1 heterocycles. The Morgan fingerprint density at radius 1 is 1.22 bits per heavy atom. The Morgan fingerprint density at radius 3 is 2.61 bits per heavy atom. The number of carbonyl (C=O) groups excluding carboxylic acids is 1. The van der Waals surface area contributed by atoms with Gasteiger partial charge in [-0.05, 0) is 52.4 Å². The SMILES string of the molecule is CC(C)CCOCCNC1CCCN(C(=O)OC(C)(C)C)CC1. The predicted octanol–water partition coefficient (Wildman–Crippen LogP) is 3.43. The molecule has 5 heteroatoms. The van der Waals surface area contributed by atoms with Crippen molar-refractivity contribution in [3.63, 3.8) is 0 Å². The van der Waals surface area contributed by atoms with Gasteiger partial charge in [0.25, 0.3) is 0 Å². The molecule has 1 aliphatic heterocycles. The molecule has 1 rings (SSSR count). The zero-order valence-electron chi connectivity index (χ0n) is 15.7. The maximum Gasteiger partial charge on any atom is 0.410 e. The standard InChI is InChI=1S/C18H36N2O3/c1-15(2)9-13-22-14-10-19-16-7-6-11-20(12-8-16)17(21)23-18(3,4)5/h15-16,19H,6-14H2,1-5H3. The lowest BCUT2D eigenvalue weighted by Gasteiger charge is -2.26. The van der Waals surface area contributed by atoms with Crippen LogP contribution in [0.2, 0.25) is 0 Å². The van der Waals surface area contributed by atoms with Crippen LogP contribution < -0.4 is 5.32 Å². The van der Waals surface area contributed by atoms with Crippen molar-refractivity contribution < 1.29 is 14.3 Å². The first kappa shape index (κ1) is 20.2. The number of ether oxygens (including phenoxy) is 2. The molecule has 0 spiro atoms. The van der Waals surface area contributed by atoms with Crippen LogP contribution in [0.4, 0.5) is 4.79 Å². The largest absolute Gasteiger partial charge is 0.444 e. The van der Waals surface area contributed by atoms with Crippen molar-refractivity contribution in [2.45, 2.75) is 71.9 Å². The van der Waals surface area contributed by atoms with E-state index in [1.165, 1.54) is 0 Å². The third-order valence-corrected chi connectivity index (χ3v) is 3.90. The number of nitrogens with one attached hydrogen (secondary N) is 1. The van der Waals surface area contributed by atoms with Gasteiger partial charge in [-0.25, -0.2) is 4.79 Å². The molecule has 0 aromatic heterocycles. The number of likely N-dealkylation sites (tertiary alicyclic amines) is 1. The molecular weight excluding hydrogens is 292 g/mol. The molecular formula is C18H36N2O3. The maximum absolute atomic E-state index is 12.1. The van der Waals surface area contributed by atoms with Crippen molar-refractivity contribution in [1.82, 2.24) is 10.2 Å². The summed E-state index contributed by atoms with van der Waals surface area (Å²) in [5.74, 6) is 0.698. The smallest absolute Gasteiger partial charge is 0.410 e. The minimum atomic E-state index is -0.422. The zero-order valence-corrected chi connectivity index (χ0v) is 15.7. The number of hydrogen-bond acceptors (Lipinski definition) is 4. The second kappa shape index (κ2) is 10.1. The molecule has 0 bridgehead atoms. The van der Waals surface area contributed by atoms with Gasteiger partial charge in [-0.1, -0.05) is 13.8 Å². The molecule has 1 atom stereocenters. The van der Waals surface area contributed by atoms with Gasteiger partial charge in [-0.3, -0.25) is 0 Å². The van der Waals surface area contributed by atoms with Crippen LogP contribution >= 0.6 is 0 Å². The molecule has 0 aliphatic carbocycles. The minimum Gasteiger partial charge on any atom is -0.444 e. The molecule has 1 N–H and O–H groups in total. The van der Waals surface area contributed by atoms with E-state index in [1.54, 1.807) is 0 Å². The first-order chi connectivity index (χ1) is 10.8. The molecule has 0 radical (unpaired) electrons. The second-order valence-corrected chi connectivity index (χ2v) is 7.84. The fraction of sp³-hybridized carbons (Fsp3) is 0.944. The van der Waals surface area contributed by atoms with Gasteiger partial charge >= 0.3 is 6.09 Å². The van der Waals surface area contributed by atoms with Crippen LogP contribution in [0.5, 0.6) is 0 Å². The van der Waals surface area contributed by atoms with Crippen LogP contribution in [0.1, 0.15) is 60.3 Å². The summed E-state index contributed by atoms with van der Waals surface area (Å²) < 4.78 is 11.1. The predicted molar refractivity (Wildman–Crippen MR) is 93.7 cm³/mol. The van der Waals surface area contributed by atoms with Crippen molar-refractivity contribution in [2.75, 3.05) is 32.8 Å². The lowest BCUT2D eigenvalue weighted by Crippen LogP contribution is -2.38. The van der Waals surface area contributed by atoms with Gasteiger partial charge in [0.1, 0.15) is 5.60 Å². The average molecular weight is 328 g/mol. The van der Waals surface area contributed by atoms with Crippen LogP contribution in [0.25, 0.3) is 0 Å². The summed E-state index contributed by atoms with van der Waals surface area (Å²) in [4.78, 5) is 14.0. The molecule has 1 saturated heterocycles. The summed E-state index contributed by atoms with van der Waals surface area (Å²) in [5.41, 5.74) is -0.422. The van der Waals surface area contributed by atoms with Gasteiger partial charge < -0.3 is 19.7 Å². The Hall–Kier alpha value is -0.810. The molecule has 136 valence electrons. The molecule has 1 aliphatic rings. The monoisotopic (exact) mass is 328 g/mol. The fourth-order valence-electron chi connectivity index (χ4n) is 2.57. The van der Waals surface area contributed by atoms with Crippen molar-refractivity contribution in [1.29, 1.82) is 0 Å². The van der Waals surface area contributed by atoms with Gasteiger partial charge in [0.15, 0.2) is 0 Å². The first-order valence-corrected chi connectivity index (χ1v) is 9.07. The summed E-state index contributed by atoms with van der Waals surface area (Å²) >= 11 is 0. The number of nitrogens with zero attached hydrogens (tertiary/aromatic N) is 1. The van der Waals surface area contributed by atoms with Gasteiger partial charge in [-0.2, -0.15) is 0 Å². The van der Waals surface area contributed by atoms with E-state index in [9.17, 15) is 4.79 Å². The minimum absolute atomic E-state index is 0.185. The first-order valence-electron chi connectivity index (χ1n) is 9.07. The summed E-state index contributed by atoms with van der Waals surface area (Å²) in [7, 11) is 0. The maximum atomic E-state index is 12.1. The normalized spacial score (nSPS) is 19.7. The lowest BCUT2D eigenvalue weighted by atomic mass is 10.1. The summed E-state index contributed by atoms with van der Waals surface area (Å²) in [6, 6.07) is 0.469. The molecule has 23 heavy (non-hydrogen) atoms. The summed E-state index contributed by atoms with van der Waals surface area (Å²) in [6.07, 6.45) is 4.03. The van der Waals surface area contributed by atoms with Crippen molar-refractivity contribution in [3.8, 4) is 0 Å². The topological polar surface area (TPSA) is 50.8 Å². The highest BCUT2D eigenvalue weighted by atomic mass is 16.6. The van der Waals surface area contributed by atoms with Gasteiger partial charge in [0, 0.05) is 32.3 Å². The van der Waals surface area contributed by atoms with Crippen LogP contribution in [0.15, 0.2) is 0 Å². The Kier molecular flexibility index (Phi) is 8.92. The van der Waals surface area contributed by atoms with Crippen LogP contribution in [0, 0.1) is 5.92 Å². The van der Waals surface area contributed by atoms with Crippen LogP contribution in [-0.2, 0) is 9.47 Å². The Balaban J connectivity index is 2.18. The Labute approximate surface area is 142 Å². The molecule has 1 unspecified atom stereocenters. The average Bonchev–Trinajstić information content (AvgIpc) is 2.66. The van der Waals surface area contributed by atoms with E-state index in [4.69, 9.17) is 9.47 Å². The highest BCUT2D eigenvalue weighted by Gasteiger charge is 2.24. The van der Waals surface area contributed by atoms with E-state index in [0.717, 1.165) is 58.5 Å².